The maximum absolute atomic E-state index is 8.53. The molecule has 0 radical (unpaired) electrons. The summed E-state index contributed by atoms with van der Waals surface area (Å²) in [7, 11) is 0. The molecular weight excluding hydrogens is 286 g/mol. The Morgan fingerprint density at radius 3 is 2.62 bits per heavy atom. The zero-order valence-corrected chi connectivity index (χ0v) is 10.6. The van der Waals surface area contributed by atoms with E-state index in [0.717, 1.165) is 20.8 Å². The Morgan fingerprint density at radius 1 is 1.19 bits per heavy atom. The fourth-order valence-corrected chi connectivity index (χ4v) is 2.05. The van der Waals surface area contributed by atoms with Crippen molar-refractivity contribution in [2.24, 2.45) is 0 Å². The average molecular weight is 293 g/mol. The van der Waals surface area contributed by atoms with Gasteiger partial charge in [0.2, 0.25) is 0 Å². The van der Waals surface area contributed by atoms with E-state index in [-0.39, 0.29) is 0 Å². The molecule has 0 amide bonds. The molecule has 2 aromatic carbocycles. The summed E-state index contributed by atoms with van der Waals surface area (Å²) in [5, 5.41) is 11.2. The van der Waals surface area contributed by atoms with Gasteiger partial charge in [-0.25, -0.2) is 0 Å². The van der Waals surface area contributed by atoms with Crippen molar-refractivity contribution in [3.05, 3.63) is 52.5 Å². The molecule has 0 atom stereocenters. The number of benzene rings is 2. The summed E-state index contributed by atoms with van der Waals surface area (Å²) in [5.74, 6) is 0. The van der Waals surface area contributed by atoms with E-state index in [2.05, 4.69) is 15.9 Å². The molecule has 0 aliphatic rings. The summed E-state index contributed by atoms with van der Waals surface area (Å²) in [6.07, 6.45) is 1.33. The highest BCUT2D eigenvalue weighted by molar-refractivity contribution is 9.10. The van der Waals surface area contributed by atoms with Crippen LogP contribution in [0.25, 0.3) is 15.8 Å². The minimum absolute atomic E-state index is 0.465. The predicted molar refractivity (Wildman–Crippen MR) is 71.1 cm³/mol. The summed E-state index contributed by atoms with van der Waals surface area (Å²) in [6.45, 7) is 0. The third-order valence-corrected chi connectivity index (χ3v) is 3.09. The lowest BCUT2D eigenvalue weighted by atomic mass is 10.1. The number of hydrogen-bond acceptors (Lipinski definition) is 1. The van der Waals surface area contributed by atoms with Crippen molar-refractivity contribution in [2.75, 3.05) is 0 Å². The quantitative estimate of drug-likeness (QED) is 0.699. The van der Waals surface area contributed by atoms with Gasteiger partial charge in [-0.2, -0.15) is 5.26 Å². The molecule has 2 aromatic rings. The highest BCUT2D eigenvalue weighted by Gasteiger charge is 2.00. The fourth-order valence-electron chi connectivity index (χ4n) is 1.51. The molecule has 0 N–H and O–H groups in total. The molecule has 0 aliphatic heterocycles. The molecule has 0 fully saturated rings. The van der Waals surface area contributed by atoms with Crippen molar-refractivity contribution >= 4 is 43.3 Å². The van der Waals surface area contributed by atoms with Gasteiger partial charge in [0.05, 0.1) is 11.1 Å². The average Bonchev–Trinajstić information content (AvgIpc) is 2.28. The van der Waals surface area contributed by atoms with Gasteiger partial charge in [-0.3, -0.25) is 0 Å². The van der Waals surface area contributed by atoms with Crippen molar-refractivity contribution in [2.45, 2.75) is 0 Å². The predicted octanol–water partition coefficient (Wildman–Crippen LogP) is 4.71. The summed E-state index contributed by atoms with van der Waals surface area (Å²) < 4.78 is 1.05. The van der Waals surface area contributed by atoms with Gasteiger partial charge in [-0.05, 0) is 34.5 Å². The van der Waals surface area contributed by atoms with Gasteiger partial charge < -0.3 is 0 Å². The Kier molecular flexibility index (Phi) is 3.28. The first-order chi connectivity index (χ1) is 7.70. The standard InChI is InChI=1S/C13H7BrClN/c14-12-4-3-9-7-11(13(15)5-6-16)2-1-10(9)8-12/h1-5,7-8H/b13-5+. The van der Waals surface area contributed by atoms with Crippen LogP contribution < -0.4 is 0 Å². The highest BCUT2D eigenvalue weighted by atomic mass is 79.9. The number of nitriles is 1. The van der Waals surface area contributed by atoms with E-state index in [1.54, 1.807) is 0 Å². The summed E-state index contributed by atoms with van der Waals surface area (Å²) >= 11 is 9.39. The minimum atomic E-state index is 0.465. The number of allylic oxidation sites excluding steroid dienone is 1. The summed E-state index contributed by atoms with van der Waals surface area (Å²) in [6, 6.07) is 13.8. The second-order valence-corrected chi connectivity index (χ2v) is 4.65. The van der Waals surface area contributed by atoms with Crippen LogP contribution in [0.1, 0.15) is 5.56 Å². The molecule has 0 saturated carbocycles. The molecule has 0 bridgehead atoms. The lowest BCUT2D eigenvalue weighted by Gasteiger charge is -2.02. The van der Waals surface area contributed by atoms with Crippen molar-refractivity contribution < 1.29 is 0 Å². The molecular formula is C13H7BrClN. The number of halogens is 2. The van der Waals surface area contributed by atoms with Crippen LogP contribution in [0.4, 0.5) is 0 Å². The molecule has 0 aromatic heterocycles. The van der Waals surface area contributed by atoms with Crippen molar-refractivity contribution in [3.63, 3.8) is 0 Å². The van der Waals surface area contributed by atoms with Crippen LogP contribution >= 0.6 is 27.5 Å². The van der Waals surface area contributed by atoms with Crippen LogP contribution in [-0.2, 0) is 0 Å². The fraction of sp³-hybridized carbons (Fsp3) is 0. The molecule has 78 valence electrons. The maximum atomic E-state index is 8.53. The van der Waals surface area contributed by atoms with E-state index < -0.39 is 0 Å². The lowest BCUT2D eigenvalue weighted by Crippen LogP contribution is -1.79. The highest BCUT2D eigenvalue weighted by Crippen LogP contribution is 2.25. The Bertz CT molecular complexity index is 611. The van der Waals surface area contributed by atoms with Crippen molar-refractivity contribution in [1.29, 1.82) is 5.26 Å². The molecule has 3 heteroatoms. The molecule has 0 heterocycles. The Labute approximate surface area is 107 Å². The van der Waals surface area contributed by atoms with E-state index in [1.807, 2.05) is 42.5 Å². The van der Waals surface area contributed by atoms with Gasteiger partial charge in [-0.15, -0.1) is 0 Å². The van der Waals surface area contributed by atoms with E-state index in [4.69, 9.17) is 16.9 Å². The second kappa shape index (κ2) is 4.69. The van der Waals surface area contributed by atoms with Gasteiger partial charge in [0.1, 0.15) is 0 Å². The van der Waals surface area contributed by atoms with Gasteiger partial charge >= 0.3 is 0 Å². The van der Waals surface area contributed by atoms with Gasteiger partial charge in [-0.1, -0.05) is 45.7 Å². The third-order valence-electron chi connectivity index (χ3n) is 2.27. The van der Waals surface area contributed by atoms with Gasteiger partial charge in [0, 0.05) is 10.5 Å². The monoisotopic (exact) mass is 291 g/mol. The molecule has 16 heavy (non-hydrogen) atoms. The zero-order valence-electron chi connectivity index (χ0n) is 8.24. The van der Waals surface area contributed by atoms with Crippen molar-refractivity contribution in [1.82, 2.24) is 0 Å². The van der Waals surface area contributed by atoms with Crippen LogP contribution in [-0.4, -0.2) is 0 Å². The van der Waals surface area contributed by atoms with Crippen LogP contribution in [0.15, 0.2) is 46.9 Å². The number of fused-ring (bicyclic) bond motifs is 1. The van der Waals surface area contributed by atoms with E-state index >= 15 is 0 Å². The molecule has 0 unspecified atom stereocenters. The first-order valence-electron chi connectivity index (χ1n) is 4.65. The molecule has 1 nitrogen and oxygen atoms in total. The second-order valence-electron chi connectivity index (χ2n) is 3.33. The molecule has 0 aliphatic carbocycles. The summed E-state index contributed by atoms with van der Waals surface area (Å²) in [4.78, 5) is 0. The Morgan fingerprint density at radius 2 is 1.88 bits per heavy atom. The largest absolute Gasteiger partial charge is 0.193 e. The summed E-state index contributed by atoms with van der Waals surface area (Å²) in [5.41, 5.74) is 0.859. The first-order valence-corrected chi connectivity index (χ1v) is 5.83. The lowest BCUT2D eigenvalue weighted by molar-refractivity contribution is 1.53. The third kappa shape index (κ3) is 2.27. The molecule has 0 saturated heterocycles. The maximum Gasteiger partial charge on any atom is 0.0927 e. The minimum Gasteiger partial charge on any atom is -0.193 e. The number of hydrogen-bond donors (Lipinski definition) is 0. The topological polar surface area (TPSA) is 23.8 Å². The first kappa shape index (κ1) is 11.2. The van der Waals surface area contributed by atoms with Gasteiger partial charge in [0.15, 0.2) is 0 Å². The number of rotatable bonds is 1. The van der Waals surface area contributed by atoms with E-state index in [0.29, 0.717) is 5.03 Å². The van der Waals surface area contributed by atoms with E-state index in [1.165, 1.54) is 6.08 Å². The zero-order chi connectivity index (χ0) is 11.5. The van der Waals surface area contributed by atoms with Crippen molar-refractivity contribution in [3.8, 4) is 6.07 Å². The van der Waals surface area contributed by atoms with Crippen LogP contribution in [0.5, 0.6) is 0 Å². The van der Waals surface area contributed by atoms with Crippen LogP contribution in [0, 0.1) is 11.3 Å². The number of nitrogens with zero attached hydrogens (tertiary/aromatic N) is 1. The Balaban J connectivity index is 2.58. The van der Waals surface area contributed by atoms with E-state index in [9.17, 15) is 0 Å². The molecule has 0 spiro atoms. The normalized spacial score (nSPS) is 11.4. The van der Waals surface area contributed by atoms with Crippen LogP contribution in [0.3, 0.4) is 0 Å². The molecule has 2 rings (SSSR count). The smallest absolute Gasteiger partial charge is 0.0927 e. The van der Waals surface area contributed by atoms with Crippen LogP contribution in [0.2, 0.25) is 0 Å². The SMILES string of the molecule is N#C/C=C(/Cl)c1ccc2cc(Br)ccc2c1. The Hall–Kier alpha value is -1.30. The van der Waals surface area contributed by atoms with Gasteiger partial charge in [0.25, 0.3) is 0 Å².